The van der Waals surface area contributed by atoms with E-state index in [0.29, 0.717) is 64.8 Å². The molecular formula is C111H137F4N8O23S2W-. The Balaban J connectivity index is 0.000000484. The summed E-state index contributed by atoms with van der Waals surface area (Å²) in [7, 11) is -0.0278. The Morgan fingerprint density at radius 1 is 0.490 bits per heavy atom. The molecule has 0 radical (unpaired) electrons. The van der Waals surface area contributed by atoms with Crippen LogP contribution < -0.4 is 52.3 Å². The number of carbonyl (C=O) groups excluding carboxylic acids is 8. The molecule has 6 heterocycles. The molecule has 0 spiro atoms. The van der Waals surface area contributed by atoms with Crippen LogP contribution in [0.15, 0.2) is 232 Å². The summed E-state index contributed by atoms with van der Waals surface area (Å²) in [6.07, 6.45) is 24.4. The summed E-state index contributed by atoms with van der Waals surface area (Å²) in [4.78, 5) is 172. The summed E-state index contributed by atoms with van der Waals surface area (Å²) in [6.45, 7) is 2.69. The van der Waals surface area contributed by atoms with Crippen molar-refractivity contribution in [2.75, 3.05) is 51.9 Å². The number of nitrogens with two attached hydrogens (primary N) is 1. The van der Waals surface area contributed by atoms with Crippen LogP contribution in [0.5, 0.6) is 23.0 Å². The molecule has 0 saturated carbocycles. The molecule has 12 N–H and O–H groups in total. The molecule has 4 aromatic heterocycles. The van der Waals surface area contributed by atoms with Gasteiger partial charge in [0, 0.05) is 108 Å². The number of benzene rings is 7. The number of aryl methyl sites for hydroxylation is 4. The van der Waals surface area contributed by atoms with Crippen LogP contribution in [0.4, 0.5) is 17.6 Å². The number of nitrogens with one attached hydrogen (secondary N) is 5. The fourth-order valence-electron chi connectivity index (χ4n) is 14.8. The molecule has 2 atom stereocenters. The number of Topliss-reactive ketones (excluding diaryl/α,β-unsaturated/α-hetero) is 4. The van der Waals surface area contributed by atoms with Gasteiger partial charge in [-0.05, 0) is 177 Å². The number of hydrogen-bond acceptors (Lipinski definition) is 24. The van der Waals surface area contributed by atoms with Crippen molar-refractivity contribution in [3.05, 3.63) is 368 Å². The number of rotatable bonds is 47. The first-order valence-electron chi connectivity index (χ1n) is 47.6. The van der Waals surface area contributed by atoms with E-state index in [0.717, 1.165) is 160 Å². The number of nitrogens with zero attached hydrogens (tertiary/aromatic N) is 2. The third-order valence-electron chi connectivity index (χ3n) is 22.5. The number of aromatic hydroxyl groups is 1. The summed E-state index contributed by atoms with van der Waals surface area (Å²) >= 11 is 2.30. The van der Waals surface area contributed by atoms with Crippen LogP contribution >= 0.6 is 20.9 Å². The number of carboxylic acid groups (broad SMARTS) is 1. The number of H-pyrrole nitrogens is 3. The van der Waals surface area contributed by atoms with E-state index in [2.05, 4.69) is 35.0 Å². The second kappa shape index (κ2) is 72.9. The molecule has 149 heavy (non-hydrogen) atoms. The Bertz CT molecular complexity index is 6270. The predicted molar refractivity (Wildman–Crippen MR) is 567 cm³/mol. The van der Waals surface area contributed by atoms with E-state index in [1.807, 2.05) is 73.0 Å². The molecule has 2 aliphatic heterocycles. The van der Waals surface area contributed by atoms with Gasteiger partial charge < -0.3 is 87.6 Å². The van der Waals surface area contributed by atoms with Crippen molar-refractivity contribution in [1.29, 1.82) is 1.12 Å². The molecular weight excluding hydrogens is 2140 g/mol. The van der Waals surface area contributed by atoms with E-state index in [4.69, 9.17) is 36.5 Å². The minimum atomic E-state index is -1.37. The van der Waals surface area contributed by atoms with E-state index >= 15 is 0 Å². The number of aromatic nitrogens is 4. The van der Waals surface area contributed by atoms with Crippen molar-refractivity contribution in [2.24, 2.45) is 5.73 Å². The topological polar surface area (TPSA) is 475 Å². The van der Waals surface area contributed by atoms with Crippen molar-refractivity contribution < 1.29 is 128 Å². The second-order valence-corrected chi connectivity index (χ2v) is 37.3. The zero-order valence-electron chi connectivity index (χ0n) is 82.5. The standard InChI is InChI=1S/C28H31FN2O5.C28H29FN2O5.C22H18FNO5.C21H21FN2O4.C6H15NO.CH4O3S.CH4S.3CH4.CH3.W/c2*29-22-13-10-20(11-14-22)12-15-24(33)23-18-31-25(28(35)30-16-6-1-2-7-17-32)27(26(23)34)36-19-21-8-4-3-5-9-21;23-16-9-6-14(7-10-16)8-11-18(25)17-12-24-19(22(27)28)21(20(17)26)29-13-15-4-2-1-3-5-15;22-14-8-5-13(6-9-14)7-10-16(25)15-12-24-17-4-2-1-3-11-23(17)21(28)18(24)20(27)19(15)26;7-5-3-1-2-4-6-8;1-5-4-3-2;1-2;;;;;/h3-5,8-11,13-14,18,32H,1-2,6-7,12,15-17,19H2,(H,30,35)(H,31,34);3-5,8-11,13-14,17-18H,1-2,6-7,12,15-16,19H2,(H,30,35)(H,31,34);1-7,9-10,12H,8,11,13H2,(H,24,26)(H,27,28);5-6,8-9,12,17,27H,1-4,7,10-11H2;8H,1-7H2;2H,1H3;2H,1H3;3*1H4;1H3;/q;;;;;;;;;;-1;/i/hD. The van der Waals surface area contributed by atoms with Crippen LogP contribution in [0.25, 0.3) is 0 Å². The van der Waals surface area contributed by atoms with Crippen molar-refractivity contribution >= 4 is 74.0 Å². The molecule has 3 amide bonds. The van der Waals surface area contributed by atoms with Crippen molar-refractivity contribution in [2.45, 2.75) is 202 Å². The zero-order valence-corrected chi connectivity index (χ0v) is 86.1. The maximum absolute atomic E-state index is 13.2. The molecule has 0 bridgehead atoms. The number of aromatic amines is 3. The molecule has 1 fully saturated rings. The Kier molecular flexibility index (Phi) is 62.6. The van der Waals surface area contributed by atoms with Gasteiger partial charge in [0.25, 0.3) is 17.7 Å². The van der Waals surface area contributed by atoms with Crippen molar-refractivity contribution in [1.82, 2.24) is 35.1 Å². The number of carboxylic acids is 1. The van der Waals surface area contributed by atoms with Crippen LogP contribution in [0.1, 0.15) is 279 Å². The Morgan fingerprint density at radius 3 is 1.15 bits per heavy atom. The normalized spacial score (nSPS) is 11.9. The van der Waals surface area contributed by atoms with Crippen LogP contribution in [0.3, 0.4) is 0 Å². The van der Waals surface area contributed by atoms with Gasteiger partial charge in [-0.3, -0.25) is 52.7 Å². The molecule has 0 aliphatic carbocycles. The first kappa shape index (κ1) is 128. The average molecular weight is 2280 g/mol. The van der Waals surface area contributed by atoms with Crippen molar-refractivity contribution in [3.8, 4) is 23.0 Å². The Morgan fingerprint density at radius 2 is 0.826 bits per heavy atom. The first-order chi connectivity index (χ1) is 70.5. The zero-order chi connectivity index (χ0) is 106. The Labute approximate surface area is 884 Å². The van der Waals surface area contributed by atoms with E-state index < -0.39 is 79.8 Å². The van der Waals surface area contributed by atoms with E-state index in [1.165, 1.54) is 85.1 Å². The predicted octanol–water partition coefficient (Wildman–Crippen LogP) is 19.3. The largest absolute Gasteiger partial charge is 0.358 e. The number of amides is 3. The second-order valence-electron chi connectivity index (χ2n) is 32.9. The quantitative estimate of drug-likeness (QED) is 0.00194. The van der Waals surface area contributed by atoms with Gasteiger partial charge in [-0.15, -0.1) is 4.33 Å². The number of aliphatic hydroxyl groups excluding tert-OH is 2. The number of halogens is 4. The van der Waals surface area contributed by atoms with Gasteiger partial charge in [0.15, 0.2) is 68.9 Å². The minimum absolute atomic E-state index is 0. The molecule has 2 unspecified atom stereocenters. The van der Waals surface area contributed by atoms with Gasteiger partial charge in [-0.2, -0.15) is 0 Å². The third kappa shape index (κ3) is 44.1. The third-order valence-corrected chi connectivity index (χ3v) is 22.7. The van der Waals surface area contributed by atoms with Gasteiger partial charge in [-0.25, -0.2) is 27.6 Å². The molecule has 13 rings (SSSR count). The van der Waals surface area contributed by atoms with Crippen molar-refractivity contribution in [3.63, 3.8) is 0 Å². The van der Waals surface area contributed by atoms with E-state index in [1.54, 1.807) is 88.5 Å². The number of aliphatic hydroxyl groups is 2. The maximum atomic E-state index is 13.2. The number of hydrogen-bond donors (Lipinski definition) is 12. The van der Waals surface area contributed by atoms with Crippen LogP contribution in [-0.2, 0) is 77.7 Å². The number of pyridine rings is 4. The molecule has 38 heteroatoms. The SMILES string of the molecule is C.C.C.CSOOO.NCCCCCCO.O=C(CCc1ccc(F)cc1)c1cn2c(c(O)c1=O)C(=O)N1CCCCCC12.O=C(NCCCCCCO)c1[nH]cc(C(=O)CCc2ccc(F)cc2)c(=O)c1OCc1ccccc1.O=C(O)c1[nH]cc(C(=O)CCc2ccc(F)cc2)c(=O)c1OCc1ccccc1.O=CCCCCCNC(=O)c1[nH]cc(C(=O)CCc2ccc(F)cc2)c(=O)c1OCc1ccccc1.[2H][S](C)=[W].[CH3-]. The maximum Gasteiger partial charge on any atom is -0.358 e. The molecule has 1 saturated heterocycles. The van der Waals surface area contributed by atoms with Gasteiger partial charge in [-0.1, -0.05) is 205 Å². The van der Waals surface area contributed by atoms with Crippen LogP contribution in [-0.4, -0.2) is 156 Å². The fourth-order valence-corrected chi connectivity index (χ4v) is 14.8. The minimum Gasteiger partial charge on any atom is -0.358 e. The van der Waals surface area contributed by atoms with Gasteiger partial charge in [0.2, 0.25) is 21.7 Å². The monoisotopic (exact) mass is 2270 g/mol. The number of ether oxygens (including phenoxy) is 3. The van der Waals surface area contributed by atoms with Crippen LogP contribution in [0, 0.1) is 30.7 Å². The van der Waals surface area contributed by atoms with E-state index in [9.17, 15) is 90.1 Å². The van der Waals surface area contributed by atoms with Gasteiger partial charge in [0.05, 0.1) is 22.3 Å². The number of unbranched alkanes of at least 4 members (excludes halogenated alkanes) is 9. The van der Waals surface area contributed by atoms with Gasteiger partial charge in [0.1, 0.15) is 55.5 Å². The number of ketones is 4. The number of aldehydes is 1. The fraction of sp³-hybridized carbons (Fsp3) is 0.351. The van der Waals surface area contributed by atoms with E-state index in [-0.39, 0.29) is 177 Å². The Hall–Kier alpha value is -13.4. The number of thiol groups is 1. The smallest absolute Gasteiger partial charge is 0.358 e. The first-order valence-corrected chi connectivity index (χ1v) is 53.0. The molecule has 2 aliphatic rings. The molecule has 806 valence electrons. The van der Waals surface area contributed by atoms with Gasteiger partial charge >= 0.3 is 40.2 Å². The summed E-state index contributed by atoms with van der Waals surface area (Å²) in [6, 6.07) is 50.5. The summed E-state index contributed by atoms with van der Waals surface area (Å²) in [5.74, 6) is -7.34. The summed E-state index contributed by atoms with van der Waals surface area (Å²) < 4.78 is 81.3. The average Bonchev–Trinajstić information content (AvgIpc) is 1.59. The summed E-state index contributed by atoms with van der Waals surface area (Å²) in [5, 5.41) is 52.9. The molecule has 11 aromatic rings. The number of fused-ring (bicyclic) bond motifs is 3. The molecule has 31 nitrogen and oxygen atoms in total. The molecule has 7 aromatic carbocycles. The number of aromatic carboxylic acids is 1. The number of carbonyl (C=O) groups is 9. The van der Waals surface area contributed by atoms with Crippen LogP contribution in [0.2, 0.25) is 0 Å². The summed E-state index contributed by atoms with van der Waals surface area (Å²) in [5.41, 5.74) is 6.75.